The van der Waals surface area contributed by atoms with Gasteiger partial charge in [-0.15, -0.1) is 0 Å². The predicted octanol–water partition coefficient (Wildman–Crippen LogP) is 3.44. The van der Waals surface area contributed by atoms with Crippen molar-refractivity contribution in [1.82, 2.24) is 0 Å². The lowest BCUT2D eigenvalue weighted by Crippen LogP contribution is -2.53. The summed E-state index contributed by atoms with van der Waals surface area (Å²) in [5, 5.41) is 4.43. The molecule has 0 nitrogen and oxygen atoms in total. The van der Waals surface area contributed by atoms with Crippen LogP contribution in [0.4, 0.5) is 0 Å². The zero-order chi connectivity index (χ0) is 16.4. The minimum atomic E-state index is -0.968. The van der Waals surface area contributed by atoms with E-state index in [0.717, 1.165) is 0 Å². The standard InChI is InChI=1S/C22H23Si/c1-16-15-22(19(4)18(3)17(16)2)23(20-11-7-5-8-12-20)21-13-9-6-10-14-21/h5-15H,1-4H3. The molecule has 0 saturated carbocycles. The van der Waals surface area contributed by atoms with E-state index in [1.807, 2.05) is 0 Å². The molecule has 0 aliphatic carbocycles. The Balaban J connectivity index is 2.26. The quantitative estimate of drug-likeness (QED) is 0.513. The van der Waals surface area contributed by atoms with Gasteiger partial charge in [-0.05, 0) is 55.1 Å². The highest BCUT2D eigenvalue weighted by Gasteiger charge is 2.22. The summed E-state index contributed by atoms with van der Waals surface area (Å²) in [4.78, 5) is 0. The molecule has 0 atom stereocenters. The molecule has 0 aliphatic rings. The Hall–Kier alpha value is -2.12. The van der Waals surface area contributed by atoms with E-state index < -0.39 is 8.80 Å². The van der Waals surface area contributed by atoms with Crippen molar-refractivity contribution in [2.75, 3.05) is 0 Å². The van der Waals surface area contributed by atoms with Crippen LogP contribution in [-0.4, -0.2) is 8.80 Å². The van der Waals surface area contributed by atoms with Gasteiger partial charge in [0.05, 0.1) is 0 Å². The second-order valence-corrected chi connectivity index (χ2v) is 8.67. The molecule has 0 heterocycles. The van der Waals surface area contributed by atoms with E-state index in [1.54, 1.807) is 0 Å². The van der Waals surface area contributed by atoms with Gasteiger partial charge in [0.25, 0.3) is 0 Å². The molecule has 0 unspecified atom stereocenters. The number of aryl methyl sites for hydroxylation is 1. The van der Waals surface area contributed by atoms with Crippen LogP contribution in [0, 0.1) is 27.7 Å². The first kappa shape index (κ1) is 15.8. The Morgan fingerprint density at radius 2 is 1.04 bits per heavy atom. The highest BCUT2D eigenvalue weighted by Crippen LogP contribution is 2.15. The lowest BCUT2D eigenvalue weighted by Gasteiger charge is -2.22. The van der Waals surface area contributed by atoms with Gasteiger partial charge in [-0.3, -0.25) is 0 Å². The van der Waals surface area contributed by atoms with Crippen molar-refractivity contribution >= 4 is 24.4 Å². The van der Waals surface area contributed by atoms with E-state index in [-0.39, 0.29) is 0 Å². The summed E-state index contributed by atoms with van der Waals surface area (Å²) in [6.45, 7) is 9.02. The van der Waals surface area contributed by atoms with Gasteiger partial charge in [-0.25, -0.2) is 0 Å². The highest BCUT2D eigenvalue weighted by atomic mass is 28.3. The van der Waals surface area contributed by atoms with Crippen molar-refractivity contribution in [3.63, 3.8) is 0 Å². The van der Waals surface area contributed by atoms with Gasteiger partial charge >= 0.3 is 0 Å². The third-order valence-corrected chi connectivity index (χ3v) is 7.76. The van der Waals surface area contributed by atoms with Crippen molar-refractivity contribution in [2.24, 2.45) is 0 Å². The van der Waals surface area contributed by atoms with Crippen LogP contribution in [0.3, 0.4) is 0 Å². The largest absolute Gasteiger partial charge is 0.154 e. The first-order chi connectivity index (χ1) is 11.1. The van der Waals surface area contributed by atoms with Gasteiger partial charge in [0.1, 0.15) is 0 Å². The zero-order valence-corrected chi connectivity index (χ0v) is 15.4. The predicted molar refractivity (Wildman–Crippen MR) is 103 cm³/mol. The van der Waals surface area contributed by atoms with Crippen molar-refractivity contribution in [3.8, 4) is 0 Å². The molecule has 0 spiro atoms. The van der Waals surface area contributed by atoms with E-state index in [4.69, 9.17) is 0 Å². The van der Waals surface area contributed by atoms with E-state index in [2.05, 4.69) is 94.4 Å². The summed E-state index contributed by atoms with van der Waals surface area (Å²) in [7, 11) is -0.968. The first-order valence-corrected chi connectivity index (χ1v) is 9.65. The minimum Gasteiger partial charge on any atom is -0.0624 e. The van der Waals surface area contributed by atoms with Crippen molar-refractivity contribution in [2.45, 2.75) is 27.7 Å². The summed E-state index contributed by atoms with van der Waals surface area (Å²) in [5.74, 6) is 0. The molecule has 0 amide bonds. The molecule has 3 rings (SSSR count). The second-order valence-electron chi connectivity index (χ2n) is 6.22. The summed E-state index contributed by atoms with van der Waals surface area (Å²) >= 11 is 0. The fourth-order valence-electron chi connectivity index (χ4n) is 3.16. The Labute approximate surface area is 141 Å². The molecule has 0 aliphatic heterocycles. The summed E-state index contributed by atoms with van der Waals surface area (Å²) in [5.41, 5.74) is 5.72. The number of benzene rings is 3. The molecule has 1 radical (unpaired) electrons. The molecule has 0 bridgehead atoms. The Morgan fingerprint density at radius 3 is 1.52 bits per heavy atom. The monoisotopic (exact) mass is 315 g/mol. The van der Waals surface area contributed by atoms with Crippen LogP contribution >= 0.6 is 0 Å². The minimum absolute atomic E-state index is 0.968. The topological polar surface area (TPSA) is 0 Å². The SMILES string of the molecule is Cc1cc([Si](c2ccccc2)c2ccccc2)c(C)c(C)c1C. The molecular weight excluding hydrogens is 292 g/mol. The molecule has 115 valence electrons. The van der Waals surface area contributed by atoms with Crippen LogP contribution in [0.5, 0.6) is 0 Å². The Bertz CT molecular complexity index is 765. The van der Waals surface area contributed by atoms with E-state index in [1.165, 1.54) is 37.8 Å². The van der Waals surface area contributed by atoms with Crippen molar-refractivity contribution < 1.29 is 0 Å². The second kappa shape index (κ2) is 6.55. The van der Waals surface area contributed by atoms with Crippen LogP contribution < -0.4 is 15.6 Å². The number of hydrogen-bond donors (Lipinski definition) is 0. The van der Waals surface area contributed by atoms with Crippen molar-refractivity contribution in [1.29, 1.82) is 0 Å². The van der Waals surface area contributed by atoms with Crippen LogP contribution in [0.15, 0.2) is 66.7 Å². The summed E-state index contributed by atoms with van der Waals surface area (Å²) in [6.07, 6.45) is 0. The van der Waals surface area contributed by atoms with Gasteiger partial charge in [0, 0.05) is 0 Å². The Morgan fingerprint density at radius 1 is 0.565 bits per heavy atom. The maximum atomic E-state index is 2.42. The molecule has 0 saturated heterocycles. The smallest absolute Gasteiger partial charge is 0.0624 e. The first-order valence-electron chi connectivity index (χ1n) is 8.15. The highest BCUT2D eigenvalue weighted by molar-refractivity contribution is 6.95. The van der Waals surface area contributed by atoms with Crippen LogP contribution in [0.1, 0.15) is 22.3 Å². The zero-order valence-electron chi connectivity index (χ0n) is 14.4. The lowest BCUT2D eigenvalue weighted by molar-refractivity contribution is 1.23. The molecule has 3 aromatic carbocycles. The van der Waals surface area contributed by atoms with Crippen LogP contribution in [0.2, 0.25) is 0 Å². The normalized spacial score (nSPS) is 11.0. The molecule has 0 fully saturated rings. The van der Waals surface area contributed by atoms with Gasteiger partial charge in [-0.2, -0.15) is 0 Å². The van der Waals surface area contributed by atoms with Gasteiger partial charge in [0.15, 0.2) is 8.80 Å². The summed E-state index contributed by atoms with van der Waals surface area (Å²) in [6, 6.07) is 24.4. The van der Waals surface area contributed by atoms with E-state index in [9.17, 15) is 0 Å². The average molecular weight is 316 g/mol. The molecule has 0 N–H and O–H groups in total. The van der Waals surface area contributed by atoms with Crippen LogP contribution in [-0.2, 0) is 0 Å². The number of hydrogen-bond acceptors (Lipinski definition) is 0. The van der Waals surface area contributed by atoms with Crippen LogP contribution in [0.25, 0.3) is 0 Å². The van der Waals surface area contributed by atoms with Gasteiger partial charge < -0.3 is 0 Å². The lowest BCUT2D eigenvalue weighted by atomic mass is 10.00. The Kier molecular flexibility index (Phi) is 4.49. The fraction of sp³-hybridized carbons (Fsp3) is 0.182. The molecular formula is C22H23Si. The van der Waals surface area contributed by atoms with Gasteiger partial charge in [-0.1, -0.05) is 77.1 Å². The summed E-state index contributed by atoms with van der Waals surface area (Å²) < 4.78 is 0. The maximum absolute atomic E-state index is 2.42. The third kappa shape index (κ3) is 3.02. The van der Waals surface area contributed by atoms with E-state index >= 15 is 0 Å². The molecule has 1 heteroatoms. The molecule has 23 heavy (non-hydrogen) atoms. The third-order valence-electron chi connectivity index (χ3n) is 4.88. The van der Waals surface area contributed by atoms with E-state index in [0.29, 0.717) is 0 Å². The molecule has 3 aromatic rings. The maximum Gasteiger partial charge on any atom is 0.154 e. The molecule has 0 aromatic heterocycles. The van der Waals surface area contributed by atoms with Crippen molar-refractivity contribution in [3.05, 3.63) is 89.0 Å². The average Bonchev–Trinajstić information content (AvgIpc) is 2.60. The fourth-order valence-corrected chi connectivity index (χ4v) is 6.09. The van der Waals surface area contributed by atoms with Gasteiger partial charge in [0.2, 0.25) is 0 Å². The number of rotatable bonds is 3.